The summed E-state index contributed by atoms with van der Waals surface area (Å²) < 4.78 is 1.53. The molecule has 0 bridgehead atoms. The van der Waals surface area contributed by atoms with Gasteiger partial charge >= 0.3 is 0 Å². The van der Waals surface area contributed by atoms with Gasteiger partial charge in [0, 0.05) is 29.3 Å². The van der Waals surface area contributed by atoms with Crippen molar-refractivity contribution in [3.8, 4) is 5.69 Å². The van der Waals surface area contributed by atoms with E-state index in [0.29, 0.717) is 46.0 Å². The predicted molar refractivity (Wildman–Crippen MR) is 135 cm³/mol. The fraction of sp³-hybridized carbons (Fsp3) is 0.192. The number of rotatable bonds is 7. The Balaban J connectivity index is 1.88. The van der Waals surface area contributed by atoms with E-state index in [1.54, 1.807) is 47.4 Å². The molecule has 4 aromatic rings. The number of fused-ring (bicyclic) bond motifs is 1. The summed E-state index contributed by atoms with van der Waals surface area (Å²) in [5.74, 6) is 0.120. The van der Waals surface area contributed by atoms with Gasteiger partial charge in [0.1, 0.15) is 5.82 Å². The Bertz CT molecular complexity index is 1450. The van der Waals surface area contributed by atoms with Gasteiger partial charge in [0.05, 0.1) is 27.6 Å². The number of carbonyl (C=O) groups is 1. The molecule has 35 heavy (non-hydrogen) atoms. The molecular formula is C26H23ClN4O4. The lowest BCUT2D eigenvalue weighted by Gasteiger charge is -2.31. The third-order valence-corrected chi connectivity index (χ3v) is 6.13. The molecule has 0 radical (unpaired) electrons. The van der Waals surface area contributed by atoms with Gasteiger partial charge in [0.15, 0.2) is 0 Å². The second-order valence-electron chi connectivity index (χ2n) is 7.92. The number of benzene rings is 3. The average molecular weight is 491 g/mol. The standard InChI is InChI=1S/C26H23ClN4O4/c1-3-23(29(4-2)25(32)17-9-13-20(14-10-17)31(34)35)24-28-22-8-6-5-7-21(22)26(33)30(24)19-15-11-18(27)12-16-19/h5-16,23H,3-4H2,1-2H3. The minimum absolute atomic E-state index is 0.0931. The van der Waals surface area contributed by atoms with Crippen LogP contribution < -0.4 is 5.56 Å². The van der Waals surface area contributed by atoms with Crippen molar-refractivity contribution in [2.24, 2.45) is 0 Å². The molecule has 8 nitrogen and oxygen atoms in total. The van der Waals surface area contributed by atoms with E-state index in [-0.39, 0.29) is 17.2 Å². The molecular weight excluding hydrogens is 468 g/mol. The first-order chi connectivity index (χ1) is 16.8. The van der Waals surface area contributed by atoms with Crippen molar-refractivity contribution in [1.29, 1.82) is 0 Å². The van der Waals surface area contributed by atoms with Crippen LogP contribution in [0, 0.1) is 10.1 Å². The van der Waals surface area contributed by atoms with E-state index in [9.17, 15) is 19.7 Å². The van der Waals surface area contributed by atoms with E-state index in [0.717, 1.165) is 0 Å². The Kier molecular flexibility index (Phi) is 6.93. The van der Waals surface area contributed by atoms with Crippen molar-refractivity contribution in [3.05, 3.63) is 110 Å². The van der Waals surface area contributed by atoms with Gasteiger partial charge < -0.3 is 4.90 Å². The van der Waals surface area contributed by atoms with E-state index in [2.05, 4.69) is 0 Å². The number of aromatic nitrogens is 2. The minimum Gasteiger partial charge on any atom is -0.329 e. The molecule has 0 aliphatic heterocycles. The number of amides is 1. The van der Waals surface area contributed by atoms with Crippen LogP contribution in [0.2, 0.25) is 5.02 Å². The number of hydrogen-bond acceptors (Lipinski definition) is 5. The summed E-state index contributed by atoms with van der Waals surface area (Å²) in [5, 5.41) is 12.0. The molecule has 0 saturated heterocycles. The average Bonchev–Trinajstić information content (AvgIpc) is 2.87. The fourth-order valence-electron chi connectivity index (χ4n) is 4.15. The van der Waals surface area contributed by atoms with Crippen molar-refractivity contribution in [2.75, 3.05) is 6.54 Å². The van der Waals surface area contributed by atoms with Gasteiger partial charge in [-0.05, 0) is 61.9 Å². The Hall–Kier alpha value is -4.04. The number of nitro groups is 1. The predicted octanol–water partition coefficient (Wildman–Crippen LogP) is 5.56. The highest BCUT2D eigenvalue weighted by Gasteiger charge is 2.29. The van der Waals surface area contributed by atoms with E-state index in [1.807, 2.05) is 19.9 Å². The number of para-hydroxylation sites is 1. The van der Waals surface area contributed by atoms with Crippen LogP contribution in [0.15, 0.2) is 77.6 Å². The second kappa shape index (κ2) is 10.1. The zero-order chi connectivity index (χ0) is 25.1. The van der Waals surface area contributed by atoms with E-state index < -0.39 is 11.0 Å². The van der Waals surface area contributed by atoms with Crippen molar-refractivity contribution < 1.29 is 9.72 Å². The highest BCUT2D eigenvalue weighted by molar-refractivity contribution is 6.30. The largest absolute Gasteiger partial charge is 0.329 e. The lowest BCUT2D eigenvalue weighted by atomic mass is 10.1. The number of non-ortho nitro benzene ring substituents is 1. The number of halogens is 1. The molecule has 1 amide bonds. The molecule has 0 saturated carbocycles. The summed E-state index contributed by atoms with van der Waals surface area (Å²) in [6, 6.07) is 18.9. The quantitative estimate of drug-likeness (QED) is 0.249. The molecule has 0 spiro atoms. The molecule has 3 aromatic carbocycles. The number of nitrogens with zero attached hydrogens (tertiary/aromatic N) is 4. The first-order valence-corrected chi connectivity index (χ1v) is 11.6. The molecule has 0 aliphatic carbocycles. The number of nitro benzene ring substituents is 1. The first-order valence-electron chi connectivity index (χ1n) is 11.2. The molecule has 1 aromatic heterocycles. The van der Waals surface area contributed by atoms with Gasteiger partial charge in [-0.1, -0.05) is 30.7 Å². The maximum atomic E-state index is 13.6. The van der Waals surface area contributed by atoms with Crippen LogP contribution in [0.4, 0.5) is 5.69 Å². The summed E-state index contributed by atoms with van der Waals surface area (Å²) in [7, 11) is 0. The van der Waals surface area contributed by atoms with Crippen molar-refractivity contribution >= 4 is 34.1 Å². The molecule has 4 rings (SSSR count). The maximum Gasteiger partial charge on any atom is 0.269 e. The Morgan fingerprint density at radius 1 is 1.06 bits per heavy atom. The van der Waals surface area contributed by atoms with E-state index in [1.165, 1.54) is 28.8 Å². The zero-order valence-electron chi connectivity index (χ0n) is 19.2. The van der Waals surface area contributed by atoms with Gasteiger partial charge in [-0.15, -0.1) is 0 Å². The second-order valence-corrected chi connectivity index (χ2v) is 8.36. The monoisotopic (exact) mass is 490 g/mol. The van der Waals surface area contributed by atoms with Gasteiger partial charge in [0.25, 0.3) is 17.2 Å². The SMILES string of the molecule is CCC(c1nc2ccccc2c(=O)n1-c1ccc(Cl)cc1)N(CC)C(=O)c1ccc([N+](=O)[O-])cc1. The molecule has 0 aliphatic rings. The molecule has 178 valence electrons. The summed E-state index contributed by atoms with van der Waals surface area (Å²) in [6.07, 6.45) is 0.491. The summed E-state index contributed by atoms with van der Waals surface area (Å²) in [4.78, 5) is 44.1. The van der Waals surface area contributed by atoms with Crippen molar-refractivity contribution in [2.45, 2.75) is 26.3 Å². The third kappa shape index (κ3) is 4.65. The smallest absolute Gasteiger partial charge is 0.269 e. The van der Waals surface area contributed by atoms with Crippen LogP contribution in [-0.4, -0.2) is 31.8 Å². The number of carbonyl (C=O) groups excluding carboxylic acids is 1. The Morgan fingerprint density at radius 2 is 1.71 bits per heavy atom. The zero-order valence-corrected chi connectivity index (χ0v) is 20.0. The van der Waals surface area contributed by atoms with Crippen LogP contribution in [-0.2, 0) is 0 Å². The first kappa shape index (κ1) is 24.1. The van der Waals surface area contributed by atoms with Gasteiger partial charge in [-0.3, -0.25) is 24.3 Å². The lowest BCUT2D eigenvalue weighted by Crippen LogP contribution is -2.38. The normalized spacial score (nSPS) is 11.9. The van der Waals surface area contributed by atoms with E-state index >= 15 is 0 Å². The highest BCUT2D eigenvalue weighted by Crippen LogP contribution is 2.28. The van der Waals surface area contributed by atoms with Crippen molar-refractivity contribution in [1.82, 2.24) is 14.5 Å². The molecule has 9 heteroatoms. The van der Waals surface area contributed by atoms with E-state index in [4.69, 9.17) is 16.6 Å². The molecule has 0 N–H and O–H groups in total. The van der Waals surface area contributed by atoms with Crippen LogP contribution in [0.1, 0.15) is 42.5 Å². The highest BCUT2D eigenvalue weighted by atomic mass is 35.5. The summed E-state index contributed by atoms with van der Waals surface area (Å²) >= 11 is 6.08. The van der Waals surface area contributed by atoms with Gasteiger partial charge in [0.2, 0.25) is 0 Å². The van der Waals surface area contributed by atoms with Crippen LogP contribution in [0.3, 0.4) is 0 Å². The maximum absolute atomic E-state index is 13.6. The number of hydrogen-bond donors (Lipinski definition) is 0. The Labute approximate surface area is 206 Å². The summed E-state index contributed by atoms with van der Waals surface area (Å²) in [5.41, 5.74) is 1.10. The van der Waals surface area contributed by atoms with Crippen molar-refractivity contribution in [3.63, 3.8) is 0 Å². The lowest BCUT2D eigenvalue weighted by molar-refractivity contribution is -0.384. The van der Waals surface area contributed by atoms with Gasteiger partial charge in [-0.2, -0.15) is 0 Å². The molecule has 1 heterocycles. The summed E-state index contributed by atoms with van der Waals surface area (Å²) in [6.45, 7) is 4.11. The molecule has 1 unspecified atom stereocenters. The Morgan fingerprint density at radius 3 is 2.31 bits per heavy atom. The fourth-order valence-corrected chi connectivity index (χ4v) is 4.28. The topological polar surface area (TPSA) is 98.3 Å². The minimum atomic E-state index is -0.532. The molecule has 0 fully saturated rings. The van der Waals surface area contributed by atoms with Crippen LogP contribution in [0.25, 0.3) is 16.6 Å². The third-order valence-electron chi connectivity index (χ3n) is 5.87. The van der Waals surface area contributed by atoms with Crippen LogP contribution in [0.5, 0.6) is 0 Å². The van der Waals surface area contributed by atoms with Crippen LogP contribution >= 0.6 is 11.6 Å². The molecule has 1 atom stereocenters. The van der Waals surface area contributed by atoms with Gasteiger partial charge in [-0.25, -0.2) is 4.98 Å².